The predicted molar refractivity (Wildman–Crippen MR) is 56.6 cm³/mol. The lowest BCUT2D eigenvalue weighted by Gasteiger charge is -2.30. The maximum atomic E-state index is 9.94. The minimum Gasteiger partial charge on any atom is -0.391 e. The molecule has 78 valence electrons. The molecule has 0 saturated heterocycles. The average Bonchev–Trinajstić information content (AvgIpc) is 2.15. The van der Waals surface area contributed by atoms with Crippen LogP contribution >= 0.6 is 0 Å². The maximum absolute atomic E-state index is 9.94. The van der Waals surface area contributed by atoms with Crippen molar-refractivity contribution in [2.45, 2.75) is 32.9 Å². The normalized spacial score (nSPS) is 16.4. The van der Waals surface area contributed by atoms with E-state index < -0.39 is 12.1 Å². The molecule has 0 spiro atoms. The van der Waals surface area contributed by atoms with Gasteiger partial charge in [0.25, 0.3) is 0 Å². The Morgan fingerprint density at radius 2 is 2.00 bits per heavy atom. The van der Waals surface area contributed by atoms with Crippen LogP contribution in [-0.2, 0) is 0 Å². The van der Waals surface area contributed by atoms with Crippen LogP contribution in [0, 0.1) is 5.41 Å². The summed E-state index contributed by atoms with van der Waals surface area (Å²) in [5.74, 6) is 0. The van der Waals surface area contributed by atoms with E-state index in [1.807, 2.05) is 39.0 Å². The van der Waals surface area contributed by atoms with E-state index in [1.54, 1.807) is 6.20 Å². The predicted octanol–water partition coefficient (Wildman–Crippen LogP) is 1.49. The summed E-state index contributed by atoms with van der Waals surface area (Å²) in [6, 6.07) is 5.12. The Morgan fingerprint density at radius 3 is 2.43 bits per heavy atom. The summed E-state index contributed by atoms with van der Waals surface area (Å²) in [7, 11) is 0. The Morgan fingerprint density at radius 1 is 1.36 bits per heavy atom. The maximum Gasteiger partial charge on any atom is 0.0796 e. The molecule has 0 bridgehead atoms. The summed E-state index contributed by atoms with van der Waals surface area (Å²) < 4.78 is 0. The summed E-state index contributed by atoms with van der Waals surface area (Å²) in [5, 5.41) is 9.94. The van der Waals surface area contributed by atoms with E-state index in [-0.39, 0.29) is 5.41 Å². The van der Waals surface area contributed by atoms with E-state index >= 15 is 0 Å². The van der Waals surface area contributed by atoms with Crippen molar-refractivity contribution in [3.05, 3.63) is 30.1 Å². The SMILES string of the molecule is CC(C)(C)[C@@H](O)[C@@H](N)c1ccccn1. The zero-order chi connectivity index (χ0) is 10.8. The van der Waals surface area contributed by atoms with Gasteiger partial charge in [-0.15, -0.1) is 0 Å². The Hall–Kier alpha value is -0.930. The first-order valence-corrected chi connectivity index (χ1v) is 4.77. The van der Waals surface area contributed by atoms with E-state index in [9.17, 15) is 5.11 Å². The minimum atomic E-state index is -0.586. The molecule has 0 unspecified atom stereocenters. The van der Waals surface area contributed by atoms with Crippen molar-refractivity contribution in [1.29, 1.82) is 0 Å². The van der Waals surface area contributed by atoms with Gasteiger partial charge in [0.15, 0.2) is 0 Å². The highest BCUT2D eigenvalue weighted by Gasteiger charge is 2.29. The lowest BCUT2D eigenvalue weighted by molar-refractivity contribution is 0.0390. The highest BCUT2D eigenvalue weighted by molar-refractivity contribution is 5.10. The first-order chi connectivity index (χ1) is 6.43. The quantitative estimate of drug-likeness (QED) is 0.750. The second kappa shape index (κ2) is 4.07. The van der Waals surface area contributed by atoms with Crippen LogP contribution in [0.3, 0.4) is 0 Å². The molecular formula is C11H18N2O. The molecule has 0 aliphatic carbocycles. The summed E-state index contributed by atoms with van der Waals surface area (Å²) in [6.45, 7) is 5.88. The highest BCUT2D eigenvalue weighted by atomic mass is 16.3. The summed E-state index contributed by atoms with van der Waals surface area (Å²) in [6.07, 6.45) is 1.10. The van der Waals surface area contributed by atoms with Crippen molar-refractivity contribution in [3.8, 4) is 0 Å². The van der Waals surface area contributed by atoms with Gasteiger partial charge in [0.05, 0.1) is 17.8 Å². The summed E-state index contributed by atoms with van der Waals surface area (Å²) in [5.41, 5.74) is 6.42. The van der Waals surface area contributed by atoms with Gasteiger partial charge in [-0.25, -0.2) is 0 Å². The van der Waals surface area contributed by atoms with E-state index in [4.69, 9.17) is 5.73 Å². The van der Waals surface area contributed by atoms with Gasteiger partial charge in [0.1, 0.15) is 0 Å². The van der Waals surface area contributed by atoms with Crippen molar-refractivity contribution in [1.82, 2.24) is 4.98 Å². The van der Waals surface area contributed by atoms with E-state index in [0.717, 1.165) is 5.69 Å². The van der Waals surface area contributed by atoms with Gasteiger partial charge < -0.3 is 10.8 Å². The van der Waals surface area contributed by atoms with Crippen molar-refractivity contribution >= 4 is 0 Å². The minimum absolute atomic E-state index is 0.225. The molecule has 1 aromatic rings. The zero-order valence-electron chi connectivity index (χ0n) is 8.94. The fourth-order valence-electron chi connectivity index (χ4n) is 1.27. The molecule has 3 N–H and O–H groups in total. The molecule has 0 aromatic carbocycles. The smallest absolute Gasteiger partial charge is 0.0796 e. The number of aliphatic hydroxyl groups excluding tert-OH is 1. The van der Waals surface area contributed by atoms with Gasteiger partial charge in [0.2, 0.25) is 0 Å². The molecule has 1 rings (SSSR count). The molecule has 3 heteroatoms. The van der Waals surface area contributed by atoms with Crippen molar-refractivity contribution in [2.24, 2.45) is 11.1 Å². The molecule has 0 aliphatic rings. The standard InChI is InChI=1S/C11H18N2O/c1-11(2,3)10(14)9(12)8-6-4-5-7-13-8/h4-7,9-10,14H,12H2,1-3H3/t9-,10-/m0/s1. The third-order valence-corrected chi connectivity index (χ3v) is 2.26. The second-order valence-electron chi connectivity index (χ2n) is 4.59. The first-order valence-electron chi connectivity index (χ1n) is 4.77. The van der Waals surface area contributed by atoms with Crippen LogP contribution in [0.25, 0.3) is 0 Å². The fraction of sp³-hybridized carbons (Fsp3) is 0.545. The fourth-order valence-corrected chi connectivity index (χ4v) is 1.27. The van der Waals surface area contributed by atoms with Crippen LogP contribution in [0.15, 0.2) is 24.4 Å². The molecule has 0 amide bonds. The van der Waals surface area contributed by atoms with E-state index in [0.29, 0.717) is 0 Å². The number of nitrogens with zero attached hydrogens (tertiary/aromatic N) is 1. The molecule has 3 nitrogen and oxygen atoms in total. The number of aliphatic hydroxyl groups is 1. The number of aromatic nitrogens is 1. The van der Waals surface area contributed by atoms with Crippen LogP contribution in [-0.4, -0.2) is 16.2 Å². The summed E-state index contributed by atoms with van der Waals surface area (Å²) in [4.78, 5) is 4.13. The number of hydrogen-bond acceptors (Lipinski definition) is 3. The molecule has 14 heavy (non-hydrogen) atoms. The largest absolute Gasteiger partial charge is 0.391 e. The van der Waals surface area contributed by atoms with Crippen LogP contribution in [0.1, 0.15) is 32.5 Å². The van der Waals surface area contributed by atoms with Gasteiger partial charge in [0, 0.05) is 6.20 Å². The number of hydrogen-bond donors (Lipinski definition) is 2. The average molecular weight is 194 g/mol. The Bertz CT molecular complexity index is 279. The molecule has 0 saturated carbocycles. The van der Waals surface area contributed by atoms with E-state index in [1.165, 1.54) is 0 Å². The molecular weight excluding hydrogens is 176 g/mol. The third kappa shape index (κ3) is 2.53. The molecule has 0 radical (unpaired) electrons. The number of nitrogens with two attached hydrogens (primary N) is 1. The van der Waals surface area contributed by atoms with Crippen LogP contribution in [0.5, 0.6) is 0 Å². The Kier molecular flexibility index (Phi) is 3.24. The van der Waals surface area contributed by atoms with Crippen LogP contribution in [0.2, 0.25) is 0 Å². The lowest BCUT2D eigenvalue weighted by atomic mass is 9.84. The van der Waals surface area contributed by atoms with Crippen LogP contribution in [0.4, 0.5) is 0 Å². The van der Waals surface area contributed by atoms with E-state index in [2.05, 4.69) is 4.98 Å². The Balaban J connectivity index is 2.81. The highest BCUT2D eigenvalue weighted by Crippen LogP contribution is 2.27. The van der Waals surface area contributed by atoms with Crippen LogP contribution < -0.4 is 5.73 Å². The topological polar surface area (TPSA) is 59.1 Å². The molecule has 0 aliphatic heterocycles. The number of rotatable bonds is 2. The van der Waals surface area contributed by atoms with Gasteiger partial charge in [-0.3, -0.25) is 4.98 Å². The molecule has 2 atom stereocenters. The number of pyridine rings is 1. The van der Waals surface area contributed by atoms with Gasteiger partial charge in [-0.2, -0.15) is 0 Å². The van der Waals surface area contributed by atoms with Crippen molar-refractivity contribution in [3.63, 3.8) is 0 Å². The van der Waals surface area contributed by atoms with Gasteiger partial charge in [-0.05, 0) is 17.5 Å². The van der Waals surface area contributed by atoms with Gasteiger partial charge >= 0.3 is 0 Å². The zero-order valence-corrected chi connectivity index (χ0v) is 8.94. The van der Waals surface area contributed by atoms with Crippen molar-refractivity contribution < 1.29 is 5.11 Å². The third-order valence-electron chi connectivity index (χ3n) is 2.26. The van der Waals surface area contributed by atoms with Gasteiger partial charge in [-0.1, -0.05) is 26.8 Å². The molecule has 1 heterocycles. The monoisotopic (exact) mass is 194 g/mol. The Labute approximate surface area is 85.0 Å². The molecule has 1 aromatic heterocycles. The second-order valence-corrected chi connectivity index (χ2v) is 4.59. The first kappa shape index (κ1) is 11.1. The summed E-state index contributed by atoms with van der Waals surface area (Å²) >= 11 is 0. The van der Waals surface area contributed by atoms with Crippen molar-refractivity contribution in [2.75, 3.05) is 0 Å². The lowest BCUT2D eigenvalue weighted by Crippen LogP contribution is -2.37. The molecule has 0 fully saturated rings.